The second-order valence-electron chi connectivity index (χ2n) is 12.8. The molecular formula is C36H45N3O2. The van der Waals surface area contributed by atoms with Crippen LogP contribution < -0.4 is 10.6 Å². The third-order valence-electron chi connectivity index (χ3n) is 10.0. The SMILES string of the molecule is CC(C)[C@@H](NC(=O)NC1CCC(CCN2[C@@H]3CC[C@H]2c2ccccc23)CC1)C(O)(c1ccccc1)c1ccccc1. The summed E-state index contributed by atoms with van der Waals surface area (Å²) in [6.45, 7) is 5.29. The summed E-state index contributed by atoms with van der Waals surface area (Å²) < 4.78 is 0. The Morgan fingerprint density at radius 3 is 1.83 bits per heavy atom. The number of rotatable bonds is 9. The molecule has 0 unspecified atom stereocenters. The van der Waals surface area contributed by atoms with Crippen LogP contribution in [0.3, 0.4) is 0 Å². The molecule has 41 heavy (non-hydrogen) atoms. The van der Waals surface area contributed by atoms with E-state index < -0.39 is 11.6 Å². The quantitative estimate of drug-likeness (QED) is 0.266. The lowest BCUT2D eigenvalue weighted by Crippen LogP contribution is -2.57. The summed E-state index contributed by atoms with van der Waals surface area (Å²) in [6.07, 6.45) is 8.19. The summed E-state index contributed by atoms with van der Waals surface area (Å²) in [4.78, 5) is 16.1. The van der Waals surface area contributed by atoms with Gasteiger partial charge in [0.1, 0.15) is 5.60 Å². The molecule has 3 N–H and O–H groups in total. The number of benzene rings is 3. The third kappa shape index (κ3) is 5.54. The Labute approximate surface area is 245 Å². The summed E-state index contributed by atoms with van der Waals surface area (Å²) >= 11 is 0. The molecule has 3 aromatic rings. The first-order valence-electron chi connectivity index (χ1n) is 15.7. The van der Waals surface area contributed by atoms with Gasteiger partial charge in [0.15, 0.2) is 0 Å². The van der Waals surface area contributed by atoms with Crippen molar-refractivity contribution in [3.05, 3.63) is 107 Å². The molecular weight excluding hydrogens is 506 g/mol. The lowest BCUT2D eigenvalue weighted by atomic mass is 9.76. The van der Waals surface area contributed by atoms with Crippen LogP contribution in [0.25, 0.3) is 0 Å². The number of nitrogens with zero attached hydrogens (tertiary/aromatic N) is 1. The van der Waals surface area contributed by atoms with Crippen molar-refractivity contribution in [2.75, 3.05) is 6.54 Å². The van der Waals surface area contributed by atoms with Crippen LogP contribution in [0.2, 0.25) is 0 Å². The average molecular weight is 552 g/mol. The van der Waals surface area contributed by atoms with Gasteiger partial charge >= 0.3 is 6.03 Å². The van der Waals surface area contributed by atoms with Gasteiger partial charge in [0.2, 0.25) is 0 Å². The zero-order valence-electron chi connectivity index (χ0n) is 24.5. The molecule has 0 aromatic heterocycles. The van der Waals surface area contributed by atoms with E-state index in [-0.39, 0.29) is 18.0 Å². The average Bonchev–Trinajstić information content (AvgIpc) is 3.56. The van der Waals surface area contributed by atoms with Crippen molar-refractivity contribution in [2.45, 2.75) is 88.6 Å². The van der Waals surface area contributed by atoms with Crippen molar-refractivity contribution in [1.82, 2.24) is 15.5 Å². The van der Waals surface area contributed by atoms with Crippen LogP contribution in [-0.2, 0) is 5.60 Å². The highest BCUT2D eigenvalue weighted by atomic mass is 16.3. The number of carbonyl (C=O) groups excluding carboxylic acids is 1. The van der Waals surface area contributed by atoms with Gasteiger partial charge in [0.05, 0.1) is 6.04 Å². The summed E-state index contributed by atoms with van der Waals surface area (Å²) in [6, 6.07) is 29.2. The molecule has 2 bridgehead atoms. The molecule has 2 fully saturated rings. The van der Waals surface area contributed by atoms with Gasteiger partial charge in [-0.15, -0.1) is 0 Å². The molecule has 2 heterocycles. The Morgan fingerprint density at radius 2 is 1.32 bits per heavy atom. The van der Waals surface area contributed by atoms with Crippen LogP contribution in [0, 0.1) is 11.8 Å². The topological polar surface area (TPSA) is 64.6 Å². The number of amides is 2. The predicted molar refractivity (Wildman–Crippen MR) is 164 cm³/mol. The van der Waals surface area contributed by atoms with E-state index in [0.717, 1.165) is 42.7 Å². The van der Waals surface area contributed by atoms with Gasteiger partial charge in [-0.3, -0.25) is 4.90 Å². The third-order valence-corrected chi connectivity index (χ3v) is 10.0. The van der Waals surface area contributed by atoms with E-state index in [4.69, 9.17) is 0 Å². The molecule has 6 rings (SSSR count). The number of hydrogen-bond acceptors (Lipinski definition) is 3. The van der Waals surface area contributed by atoms with Crippen molar-refractivity contribution < 1.29 is 9.90 Å². The zero-order chi connectivity index (χ0) is 28.4. The number of hydrogen-bond donors (Lipinski definition) is 3. The minimum atomic E-state index is -1.35. The Bertz CT molecular complexity index is 1230. The molecule has 1 saturated carbocycles. The van der Waals surface area contributed by atoms with Crippen LogP contribution in [0.4, 0.5) is 4.79 Å². The maximum Gasteiger partial charge on any atom is 0.315 e. The first kappa shape index (κ1) is 28.0. The molecule has 2 aliphatic heterocycles. The van der Waals surface area contributed by atoms with E-state index in [1.54, 1.807) is 11.1 Å². The Kier molecular flexibility index (Phi) is 8.19. The van der Waals surface area contributed by atoms with Gasteiger partial charge in [-0.2, -0.15) is 0 Å². The van der Waals surface area contributed by atoms with Crippen molar-refractivity contribution in [3.8, 4) is 0 Å². The van der Waals surface area contributed by atoms with Crippen molar-refractivity contribution in [1.29, 1.82) is 0 Å². The highest BCUT2D eigenvalue weighted by Crippen LogP contribution is 2.53. The van der Waals surface area contributed by atoms with Gasteiger partial charge in [-0.05, 0) is 85.6 Å². The lowest BCUT2D eigenvalue weighted by Gasteiger charge is -2.40. The molecule has 3 aromatic carbocycles. The Hall–Kier alpha value is -3.15. The van der Waals surface area contributed by atoms with Crippen molar-refractivity contribution in [3.63, 3.8) is 0 Å². The molecule has 1 aliphatic carbocycles. The standard InChI is InChI=1S/C36H45N3O2/c1-25(2)34(36(41,27-11-5-3-6-12-27)28-13-7-4-8-14-28)38-35(40)37-29-19-17-26(18-20-29)23-24-39-32-21-22-33(39)31-16-10-9-15-30(31)32/h3-16,25-26,29,32-34,41H,17-24H2,1-2H3,(H2,37,38,40)/t26?,29?,32-,33+,34-/m1/s1. The van der Waals surface area contributed by atoms with E-state index >= 15 is 0 Å². The van der Waals surface area contributed by atoms with E-state index in [1.807, 2.05) is 60.7 Å². The maximum atomic E-state index is 13.4. The fraction of sp³-hybridized carbons (Fsp3) is 0.472. The van der Waals surface area contributed by atoms with Crippen molar-refractivity contribution in [2.24, 2.45) is 11.8 Å². The highest BCUT2D eigenvalue weighted by Gasteiger charge is 2.44. The monoisotopic (exact) mass is 551 g/mol. The van der Waals surface area contributed by atoms with Gasteiger partial charge in [0.25, 0.3) is 0 Å². The predicted octanol–water partition coefficient (Wildman–Crippen LogP) is 7.09. The Balaban J connectivity index is 1.04. The molecule has 3 atom stereocenters. The van der Waals surface area contributed by atoms with Gasteiger partial charge < -0.3 is 15.7 Å². The number of nitrogens with one attached hydrogen (secondary N) is 2. The second kappa shape index (κ2) is 12.0. The fourth-order valence-corrected chi connectivity index (χ4v) is 7.92. The molecule has 0 radical (unpaired) electrons. The van der Waals surface area contributed by atoms with E-state index in [0.29, 0.717) is 12.1 Å². The number of urea groups is 1. The van der Waals surface area contributed by atoms with E-state index in [1.165, 1.54) is 25.8 Å². The number of carbonyl (C=O) groups is 1. The molecule has 1 saturated heterocycles. The van der Waals surface area contributed by atoms with Crippen LogP contribution in [0.5, 0.6) is 0 Å². The normalized spacial score (nSPS) is 24.7. The van der Waals surface area contributed by atoms with E-state index in [2.05, 4.69) is 53.6 Å². The lowest BCUT2D eigenvalue weighted by molar-refractivity contribution is 0.0232. The van der Waals surface area contributed by atoms with Gasteiger partial charge in [0, 0.05) is 18.1 Å². The van der Waals surface area contributed by atoms with Crippen molar-refractivity contribution >= 4 is 6.03 Å². The smallest absolute Gasteiger partial charge is 0.315 e. The first-order chi connectivity index (χ1) is 19.9. The Morgan fingerprint density at radius 1 is 0.805 bits per heavy atom. The molecule has 0 spiro atoms. The fourth-order valence-electron chi connectivity index (χ4n) is 7.92. The van der Waals surface area contributed by atoms with Crippen LogP contribution >= 0.6 is 0 Å². The summed E-state index contributed by atoms with van der Waals surface area (Å²) in [7, 11) is 0. The zero-order valence-corrected chi connectivity index (χ0v) is 24.5. The van der Waals surface area contributed by atoms with E-state index in [9.17, 15) is 9.90 Å². The molecule has 5 nitrogen and oxygen atoms in total. The summed E-state index contributed by atoms with van der Waals surface area (Å²) in [5.74, 6) is 0.734. The minimum absolute atomic E-state index is 0.00826. The van der Waals surface area contributed by atoms with Gasteiger partial charge in [-0.1, -0.05) is 98.8 Å². The number of aliphatic hydroxyl groups is 1. The molecule has 5 heteroatoms. The largest absolute Gasteiger partial charge is 0.378 e. The number of fused-ring (bicyclic) bond motifs is 5. The first-order valence-corrected chi connectivity index (χ1v) is 15.7. The summed E-state index contributed by atoms with van der Waals surface area (Å²) in [5.41, 5.74) is 3.34. The second-order valence-corrected chi connectivity index (χ2v) is 12.8. The maximum absolute atomic E-state index is 13.4. The van der Waals surface area contributed by atoms with Gasteiger partial charge in [-0.25, -0.2) is 4.79 Å². The molecule has 216 valence electrons. The van der Waals surface area contributed by atoms with Crippen LogP contribution in [-0.4, -0.2) is 34.7 Å². The highest BCUT2D eigenvalue weighted by molar-refractivity contribution is 5.75. The van der Waals surface area contributed by atoms with Crippen LogP contribution in [0.15, 0.2) is 84.9 Å². The minimum Gasteiger partial charge on any atom is -0.378 e. The van der Waals surface area contributed by atoms with Crippen LogP contribution in [0.1, 0.15) is 93.1 Å². The molecule has 3 aliphatic rings. The molecule has 2 amide bonds. The summed E-state index contributed by atoms with van der Waals surface area (Å²) in [5, 5.41) is 18.7.